The number of carbonyl (C=O) groups is 1. The van der Waals surface area contributed by atoms with Gasteiger partial charge in [0, 0.05) is 17.5 Å². The first-order valence-corrected chi connectivity index (χ1v) is 11.5. The van der Waals surface area contributed by atoms with Crippen LogP contribution >= 0.6 is 11.8 Å². The van der Waals surface area contributed by atoms with E-state index in [0.717, 1.165) is 33.6 Å². The van der Waals surface area contributed by atoms with Gasteiger partial charge in [0.25, 0.3) is 0 Å². The normalized spacial score (nSPS) is 14.7. The fraction of sp³-hybridized carbons (Fsp3) is 0.375. The lowest BCUT2D eigenvalue weighted by molar-refractivity contribution is -0.118. The first kappa shape index (κ1) is 20.8. The Kier molecular flexibility index (Phi) is 6.62. The van der Waals surface area contributed by atoms with E-state index in [9.17, 15) is 9.18 Å². The van der Waals surface area contributed by atoms with Gasteiger partial charge in [-0.25, -0.2) is 14.4 Å². The maximum Gasteiger partial charge on any atom is 0.230 e. The molecule has 1 N–H and O–H groups in total. The van der Waals surface area contributed by atoms with Crippen LogP contribution in [-0.4, -0.2) is 28.2 Å². The molecule has 0 unspecified atom stereocenters. The van der Waals surface area contributed by atoms with Crippen molar-refractivity contribution in [2.24, 2.45) is 5.92 Å². The monoisotopic (exact) mass is 423 g/mol. The van der Waals surface area contributed by atoms with Crippen molar-refractivity contribution in [3.05, 3.63) is 53.8 Å². The molecule has 3 aromatic rings. The molecule has 0 atom stereocenters. The second-order valence-corrected chi connectivity index (χ2v) is 8.94. The van der Waals surface area contributed by atoms with E-state index in [1.54, 1.807) is 12.1 Å². The summed E-state index contributed by atoms with van der Waals surface area (Å²) in [6.07, 6.45) is 6.28. The van der Waals surface area contributed by atoms with Crippen LogP contribution in [0.15, 0.2) is 47.5 Å². The largest absolute Gasteiger partial charge is 0.355 e. The number of aryl methyl sites for hydroxylation is 1. The van der Waals surface area contributed by atoms with Crippen LogP contribution in [0.1, 0.15) is 37.7 Å². The summed E-state index contributed by atoms with van der Waals surface area (Å²) in [6.45, 7) is 2.79. The quantitative estimate of drug-likeness (QED) is 0.418. The maximum atomic E-state index is 13.3. The molecule has 4 rings (SSSR count). The van der Waals surface area contributed by atoms with Gasteiger partial charge in [-0.3, -0.25) is 4.79 Å². The number of fused-ring (bicyclic) bond motifs is 1. The molecule has 0 spiro atoms. The van der Waals surface area contributed by atoms with Crippen LogP contribution in [0.4, 0.5) is 4.39 Å². The molecule has 1 fully saturated rings. The summed E-state index contributed by atoms with van der Waals surface area (Å²) in [6, 6.07) is 12.2. The fourth-order valence-electron chi connectivity index (χ4n) is 3.88. The van der Waals surface area contributed by atoms with Gasteiger partial charge in [0.1, 0.15) is 10.8 Å². The zero-order chi connectivity index (χ0) is 20.9. The Labute approximate surface area is 180 Å². The predicted molar refractivity (Wildman–Crippen MR) is 120 cm³/mol. The summed E-state index contributed by atoms with van der Waals surface area (Å²) in [4.78, 5) is 21.8. The highest BCUT2D eigenvalue weighted by Crippen LogP contribution is 2.29. The van der Waals surface area contributed by atoms with Crippen LogP contribution in [0.2, 0.25) is 0 Å². The van der Waals surface area contributed by atoms with Crippen molar-refractivity contribution in [3.8, 4) is 11.4 Å². The number of hydrogen-bond acceptors (Lipinski definition) is 4. The average Bonchev–Trinajstić information content (AvgIpc) is 2.76. The lowest BCUT2D eigenvalue weighted by Gasteiger charge is -2.21. The Bertz CT molecular complexity index is 1030. The maximum absolute atomic E-state index is 13.3. The van der Waals surface area contributed by atoms with Crippen molar-refractivity contribution < 1.29 is 9.18 Å². The molecular formula is C24H26FN3OS. The minimum Gasteiger partial charge on any atom is -0.355 e. The summed E-state index contributed by atoms with van der Waals surface area (Å²) < 4.78 is 13.3. The van der Waals surface area contributed by atoms with Crippen LogP contribution < -0.4 is 5.32 Å². The Morgan fingerprint density at radius 1 is 1.10 bits per heavy atom. The van der Waals surface area contributed by atoms with E-state index in [2.05, 4.69) is 10.3 Å². The van der Waals surface area contributed by atoms with Gasteiger partial charge in [-0.1, -0.05) is 37.1 Å². The Hall–Kier alpha value is -2.47. The van der Waals surface area contributed by atoms with Crippen molar-refractivity contribution >= 4 is 28.6 Å². The Balaban J connectivity index is 1.51. The van der Waals surface area contributed by atoms with Crippen molar-refractivity contribution in [2.75, 3.05) is 12.3 Å². The van der Waals surface area contributed by atoms with E-state index in [4.69, 9.17) is 4.98 Å². The van der Waals surface area contributed by atoms with Gasteiger partial charge in [-0.2, -0.15) is 0 Å². The lowest BCUT2D eigenvalue weighted by atomic mass is 9.89. The Morgan fingerprint density at radius 3 is 2.63 bits per heavy atom. The number of rotatable bonds is 6. The van der Waals surface area contributed by atoms with Gasteiger partial charge >= 0.3 is 0 Å². The number of aromatic nitrogens is 2. The number of carbonyl (C=O) groups excluding carboxylic acids is 1. The highest BCUT2D eigenvalue weighted by molar-refractivity contribution is 8.00. The number of thioether (sulfide) groups is 1. The van der Waals surface area contributed by atoms with Gasteiger partial charge in [0.15, 0.2) is 5.82 Å². The Morgan fingerprint density at radius 2 is 1.87 bits per heavy atom. The van der Waals surface area contributed by atoms with Crippen LogP contribution in [0.3, 0.4) is 0 Å². The first-order chi connectivity index (χ1) is 14.6. The highest BCUT2D eigenvalue weighted by Gasteiger charge is 2.16. The molecule has 1 saturated carbocycles. The molecule has 0 saturated heterocycles. The standard InChI is InChI=1S/C24H26FN3OS/c1-16-7-12-20-21(13-16)27-23(18-8-10-19(25)11-9-18)28-24(20)30-15-22(29)26-14-17-5-3-2-4-6-17/h7-13,17H,2-6,14-15H2,1H3,(H,26,29). The molecule has 156 valence electrons. The lowest BCUT2D eigenvalue weighted by Crippen LogP contribution is -2.31. The third kappa shape index (κ3) is 5.17. The smallest absolute Gasteiger partial charge is 0.230 e. The van der Waals surface area contributed by atoms with Crippen LogP contribution in [0.5, 0.6) is 0 Å². The number of hydrogen-bond donors (Lipinski definition) is 1. The number of amides is 1. The van der Waals surface area contributed by atoms with Crippen molar-refractivity contribution in [2.45, 2.75) is 44.1 Å². The van der Waals surface area contributed by atoms with Gasteiger partial charge in [0.05, 0.1) is 11.3 Å². The number of nitrogens with one attached hydrogen (secondary N) is 1. The van der Waals surface area contributed by atoms with E-state index in [1.807, 2.05) is 25.1 Å². The third-order valence-electron chi connectivity index (χ3n) is 5.57. The second-order valence-electron chi connectivity index (χ2n) is 7.98. The molecule has 1 aromatic heterocycles. The van der Waals surface area contributed by atoms with Crippen LogP contribution in [0.25, 0.3) is 22.3 Å². The molecule has 1 aliphatic rings. The molecule has 1 amide bonds. The molecule has 0 bridgehead atoms. The SMILES string of the molecule is Cc1ccc2c(SCC(=O)NCC3CCCCC3)nc(-c3ccc(F)cc3)nc2c1. The van der Waals surface area contributed by atoms with Gasteiger partial charge in [-0.05, 0) is 67.6 Å². The molecule has 1 heterocycles. The van der Waals surface area contributed by atoms with Gasteiger partial charge in [0.2, 0.25) is 5.91 Å². The minimum atomic E-state index is -0.292. The molecule has 4 nitrogen and oxygen atoms in total. The predicted octanol–water partition coefficient (Wildman–Crippen LogP) is 5.53. The molecule has 0 radical (unpaired) electrons. The van der Waals surface area contributed by atoms with Crippen molar-refractivity contribution in [1.82, 2.24) is 15.3 Å². The molecule has 30 heavy (non-hydrogen) atoms. The van der Waals surface area contributed by atoms with E-state index in [0.29, 0.717) is 17.5 Å². The number of nitrogens with zero attached hydrogens (tertiary/aromatic N) is 2. The second kappa shape index (κ2) is 9.56. The van der Waals surface area contributed by atoms with Crippen molar-refractivity contribution in [3.63, 3.8) is 0 Å². The minimum absolute atomic E-state index is 0.0350. The average molecular weight is 424 g/mol. The number of halogens is 1. The van der Waals surface area contributed by atoms with Gasteiger partial charge in [-0.15, -0.1) is 0 Å². The fourth-order valence-corrected chi connectivity index (χ4v) is 4.73. The van der Waals surface area contributed by atoms with E-state index >= 15 is 0 Å². The summed E-state index contributed by atoms with van der Waals surface area (Å²) in [5.41, 5.74) is 2.69. The van der Waals surface area contributed by atoms with Crippen LogP contribution in [-0.2, 0) is 4.79 Å². The molecular weight excluding hydrogens is 397 g/mol. The van der Waals surface area contributed by atoms with Crippen LogP contribution in [0, 0.1) is 18.7 Å². The van der Waals surface area contributed by atoms with E-state index in [-0.39, 0.29) is 11.7 Å². The summed E-state index contributed by atoms with van der Waals surface area (Å²) in [5, 5.41) is 4.79. The topological polar surface area (TPSA) is 54.9 Å². The summed E-state index contributed by atoms with van der Waals surface area (Å²) in [5.74, 6) is 1.21. The van der Waals surface area contributed by atoms with E-state index < -0.39 is 0 Å². The number of benzene rings is 2. The molecule has 0 aliphatic heterocycles. The molecule has 6 heteroatoms. The third-order valence-corrected chi connectivity index (χ3v) is 6.56. The highest BCUT2D eigenvalue weighted by atomic mass is 32.2. The van der Waals surface area contributed by atoms with Gasteiger partial charge < -0.3 is 5.32 Å². The first-order valence-electron chi connectivity index (χ1n) is 10.5. The summed E-state index contributed by atoms with van der Waals surface area (Å²) in [7, 11) is 0. The molecule has 1 aliphatic carbocycles. The molecule has 2 aromatic carbocycles. The zero-order valence-corrected chi connectivity index (χ0v) is 18.0. The van der Waals surface area contributed by atoms with Crippen molar-refractivity contribution in [1.29, 1.82) is 0 Å². The zero-order valence-electron chi connectivity index (χ0n) is 17.2. The summed E-state index contributed by atoms with van der Waals surface area (Å²) >= 11 is 1.43. The van der Waals surface area contributed by atoms with E-state index in [1.165, 1.54) is 56.0 Å².